The third-order valence-electron chi connectivity index (χ3n) is 4.48. The molecule has 9 heteroatoms. The molecule has 3 rings (SSSR count). The second kappa shape index (κ2) is 8.14. The Morgan fingerprint density at radius 3 is 2.34 bits per heavy atom. The lowest BCUT2D eigenvalue weighted by atomic mass is 10.1. The van der Waals surface area contributed by atoms with Crippen LogP contribution in [-0.4, -0.2) is 39.1 Å². The van der Waals surface area contributed by atoms with Gasteiger partial charge in [-0.1, -0.05) is 23.2 Å². The van der Waals surface area contributed by atoms with Crippen LogP contribution in [0.3, 0.4) is 0 Å². The van der Waals surface area contributed by atoms with Gasteiger partial charge in [0.05, 0.1) is 17.0 Å². The number of nitrogens with zero attached hydrogens (tertiary/aromatic N) is 1. The lowest BCUT2D eigenvalue weighted by Crippen LogP contribution is -2.30. The smallest absolute Gasteiger partial charge is 0.322 e. The Hall–Kier alpha value is -3.03. The Morgan fingerprint density at radius 2 is 1.72 bits per heavy atom. The van der Waals surface area contributed by atoms with E-state index in [0.717, 1.165) is 0 Å². The number of nitrogens with one attached hydrogen (secondary N) is 1. The molecule has 29 heavy (non-hydrogen) atoms. The molecule has 0 unspecified atom stereocenters. The van der Waals surface area contributed by atoms with Crippen LogP contribution in [0.2, 0.25) is 10.0 Å². The summed E-state index contributed by atoms with van der Waals surface area (Å²) in [5, 5.41) is 21.9. The monoisotopic (exact) mass is 434 g/mol. The highest BCUT2D eigenvalue weighted by atomic mass is 35.5. The van der Waals surface area contributed by atoms with E-state index in [-0.39, 0.29) is 23.1 Å². The quantitative estimate of drug-likeness (QED) is 0.570. The van der Waals surface area contributed by atoms with E-state index in [0.29, 0.717) is 32.7 Å². The van der Waals surface area contributed by atoms with Crippen molar-refractivity contribution >= 4 is 51.9 Å². The molecule has 0 radical (unpaired) electrons. The zero-order valence-electron chi connectivity index (χ0n) is 15.2. The Bertz CT molecular complexity index is 1140. The molecule has 1 aromatic heterocycles. The van der Waals surface area contributed by atoms with Crippen molar-refractivity contribution in [1.29, 1.82) is 0 Å². The number of rotatable bonds is 5. The van der Waals surface area contributed by atoms with E-state index in [1.54, 1.807) is 31.2 Å². The molecule has 0 aliphatic carbocycles. The van der Waals surface area contributed by atoms with Gasteiger partial charge in [-0.2, -0.15) is 0 Å². The van der Waals surface area contributed by atoms with Gasteiger partial charge in [0, 0.05) is 21.7 Å². The summed E-state index contributed by atoms with van der Waals surface area (Å²) in [6.45, 7) is 1.13. The molecule has 1 amide bonds. The average Bonchev–Trinajstić information content (AvgIpc) is 2.95. The third kappa shape index (κ3) is 4.06. The minimum atomic E-state index is -1.17. The highest BCUT2D eigenvalue weighted by molar-refractivity contribution is 6.37. The van der Waals surface area contributed by atoms with Gasteiger partial charge in [-0.3, -0.25) is 19.0 Å². The molecule has 0 aliphatic rings. The number of phenols is 1. The van der Waals surface area contributed by atoms with E-state index in [4.69, 9.17) is 28.3 Å². The van der Waals surface area contributed by atoms with Crippen molar-refractivity contribution < 1.29 is 24.6 Å². The van der Waals surface area contributed by atoms with E-state index in [2.05, 4.69) is 5.32 Å². The van der Waals surface area contributed by atoms with Crippen LogP contribution in [0, 0.1) is 6.92 Å². The summed E-state index contributed by atoms with van der Waals surface area (Å²) in [6, 6.07) is 9.25. The molecule has 7 nitrogen and oxygen atoms in total. The molecule has 0 saturated carbocycles. The maximum absolute atomic E-state index is 13.1. The van der Waals surface area contributed by atoms with Crippen molar-refractivity contribution in [3.05, 3.63) is 63.3 Å². The number of hydrogen-bond acceptors (Lipinski definition) is 4. The molecular weight excluding hydrogens is 419 g/mol. The fraction of sp³-hybridized carbons (Fsp3) is 0.150. The number of aliphatic carboxylic acids is 1. The van der Waals surface area contributed by atoms with Gasteiger partial charge in [0.1, 0.15) is 12.3 Å². The topological polar surface area (TPSA) is 109 Å². The summed E-state index contributed by atoms with van der Waals surface area (Å²) >= 11 is 12.2. The van der Waals surface area contributed by atoms with Crippen molar-refractivity contribution in [3.63, 3.8) is 0 Å². The molecule has 0 spiro atoms. The number of halogens is 2. The van der Waals surface area contributed by atoms with Gasteiger partial charge in [0.25, 0.3) is 5.91 Å². The Labute approximate surface area is 175 Å². The molecule has 3 aromatic rings. The zero-order chi connectivity index (χ0) is 21.3. The first-order valence-electron chi connectivity index (χ1n) is 8.50. The maximum atomic E-state index is 13.1. The number of aromatic hydroxyl groups is 1. The molecule has 0 fully saturated rings. The van der Waals surface area contributed by atoms with E-state index in [9.17, 15) is 19.5 Å². The number of carboxylic acid groups (broad SMARTS) is 1. The number of carboxylic acids is 1. The van der Waals surface area contributed by atoms with Gasteiger partial charge in [-0.15, -0.1) is 0 Å². The van der Waals surface area contributed by atoms with Crippen molar-refractivity contribution in [2.45, 2.75) is 13.3 Å². The predicted molar refractivity (Wildman–Crippen MR) is 109 cm³/mol. The van der Waals surface area contributed by atoms with E-state index in [1.165, 1.54) is 16.7 Å². The number of benzene rings is 2. The first-order chi connectivity index (χ1) is 13.7. The summed E-state index contributed by atoms with van der Waals surface area (Å²) in [4.78, 5) is 36.0. The summed E-state index contributed by atoms with van der Waals surface area (Å²) in [7, 11) is 0. The molecule has 2 aromatic carbocycles. The van der Waals surface area contributed by atoms with Crippen LogP contribution in [0.25, 0.3) is 10.9 Å². The van der Waals surface area contributed by atoms with Gasteiger partial charge in [-0.25, -0.2) is 0 Å². The van der Waals surface area contributed by atoms with Crippen LogP contribution >= 0.6 is 23.2 Å². The predicted octanol–water partition coefficient (Wildman–Crippen LogP) is 3.39. The fourth-order valence-electron chi connectivity index (χ4n) is 3.12. The van der Waals surface area contributed by atoms with Gasteiger partial charge in [-0.05, 0) is 48.9 Å². The first-order valence-corrected chi connectivity index (χ1v) is 9.26. The average molecular weight is 435 g/mol. The summed E-state index contributed by atoms with van der Waals surface area (Å²) in [6.07, 6.45) is -0.209. The fourth-order valence-corrected chi connectivity index (χ4v) is 3.52. The van der Waals surface area contributed by atoms with Crippen LogP contribution in [0.4, 0.5) is 0 Å². The van der Waals surface area contributed by atoms with Crippen molar-refractivity contribution in [2.24, 2.45) is 0 Å². The number of carbonyl (C=O) groups excluding carboxylic acids is 2. The largest absolute Gasteiger partial charge is 0.506 e. The summed E-state index contributed by atoms with van der Waals surface area (Å²) < 4.78 is 1.41. The van der Waals surface area contributed by atoms with Crippen LogP contribution in [0.15, 0.2) is 36.4 Å². The minimum Gasteiger partial charge on any atom is -0.506 e. The van der Waals surface area contributed by atoms with E-state index < -0.39 is 18.4 Å². The van der Waals surface area contributed by atoms with Crippen LogP contribution in [-0.2, 0) is 16.0 Å². The molecule has 0 bridgehead atoms. The molecule has 150 valence electrons. The lowest BCUT2D eigenvalue weighted by Gasteiger charge is -2.08. The minimum absolute atomic E-state index is 0.00860. The van der Waals surface area contributed by atoms with Crippen molar-refractivity contribution in [1.82, 2.24) is 9.88 Å². The van der Waals surface area contributed by atoms with Crippen molar-refractivity contribution in [2.75, 3.05) is 6.54 Å². The van der Waals surface area contributed by atoms with Gasteiger partial charge in [0.15, 0.2) is 0 Å². The number of amides is 1. The number of phenolic OH excluding ortho intramolecular Hbond substituents is 1. The zero-order valence-corrected chi connectivity index (χ0v) is 16.7. The van der Waals surface area contributed by atoms with Crippen LogP contribution in [0.5, 0.6) is 5.75 Å². The van der Waals surface area contributed by atoms with Gasteiger partial charge in [0.2, 0.25) is 5.91 Å². The molecule has 0 aliphatic heterocycles. The van der Waals surface area contributed by atoms with Crippen molar-refractivity contribution in [3.8, 4) is 5.75 Å². The molecule has 3 N–H and O–H groups in total. The van der Waals surface area contributed by atoms with E-state index >= 15 is 0 Å². The highest BCUT2D eigenvalue weighted by Gasteiger charge is 2.24. The number of aromatic nitrogens is 1. The van der Waals surface area contributed by atoms with E-state index in [1.807, 2.05) is 0 Å². The standard InChI is InChI=1S/C20H16Cl2N2O5/c1-10-13(8-16(26)23-9-17(27)28)18-14(6-7-15(25)19(18)22)24(10)20(29)11-2-4-12(21)5-3-11/h2-7,25H,8-9H2,1H3,(H,23,26)(H,27,28). The Balaban J connectivity index is 2.14. The number of fused-ring (bicyclic) bond motifs is 1. The molecule has 1 heterocycles. The summed E-state index contributed by atoms with van der Waals surface area (Å²) in [5.74, 6) is -2.27. The first kappa shape index (κ1) is 20.7. The Kier molecular flexibility index (Phi) is 5.81. The van der Waals surface area contributed by atoms with Crippen LogP contribution in [0.1, 0.15) is 21.6 Å². The molecular formula is C20H16Cl2N2O5. The molecule has 0 atom stereocenters. The normalized spacial score (nSPS) is 10.9. The van der Waals surface area contributed by atoms with Gasteiger partial charge >= 0.3 is 5.97 Å². The number of carbonyl (C=O) groups is 3. The second-order valence-corrected chi connectivity index (χ2v) is 7.17. The lowest BCUT2D eigenvalue weighted by molar-refractivity contribution is -0.137. The van der Waals surface area contributed by atoms with Crippen LogP contribution < -0.4 is 5.32 Å². The second-order valence-electron chi connectivity index (χ2n) is 6.35. The summed E-state index contributed by atoms with van der Waals surface area (Å²) in [5.41, 5.74) is 1.68. The molecule has 0 saturated heterocycles. The number of hydrogen-bond donors (Lipinski definition) is 3. The Morgan fingerprint density at radius 1 is 1.07 bits per heavy atom. The SMILES string of the molecule is Cc1c(CC(=O)NCC(=O)O)c2c(Cl)c(O)ccc2n1C(=O)c1ccc(Cl)cc1. The highest BCUT2D eigenvalue weighted by Crippen LogP contribution is 2.38. The van der Waals surface area contributed by atoms with Gasteiger partial charge < -0.3 is 15.5 Å². The third-order valence-corrected chi connectivity index (χ3v) is 5.12. The maximum Gasteiger partial charge on any atom is 0.322 e.